The van der Waals surface area contributed by atoms with Crippen molar-refractivity contribution >= 4 is 15.9 Å². The van der Waals surface area contributed by atoms with Gasteiger partial charge in [-0.2, -0.15) is 0 Å². The van der Waals surface area contributed by atoms with E-state index in [0.717, 1.165) is 30.8 Å². The van der Waals surface area contributed by atoms with E-state index in [4.69, 9.17) is 0 Å². The van der Waals surface area contributed by atoms with Crippen molar-refractivity contribution in [2.24, 2.45) is 0 Å². The van der Waals surface area contributed by atoms with Gasteiger partial charge in [0.05, 0.1) is 4.90 Å². The number of aryl methyl sites for hydroxylation is 1. The smallest absolute Gasteiger partial charge is 0.240 e. The van der Waals surface area contributed by atoms with Crippen LogP contribution in [-0.2, 0) is 21.2 Å². The molecular formula is C18H24N4O3S. The fourth-order valence-corrected chi connectivity index (χ4v) is 4.02. The number of nitrogens with one attached hydrogen (secondary N) is 2. The number of H-pyrrole nitrogens is 1. The highest BCUT2D eigenvalue weighted by atomic mass is 32.2. The van der Waals surface area contributed by atoms with Crippen LogP contribution in [0.4, 0.5) is 0 Å². The van der Waals surface area contributed by atoms with Crippen molar-refractivity contribution in [1.82, 2.24) is 19.6 Å². The zero-order valence-corrected chi connectivity index (χ0v) is 15.6. The summed E-state index contributed by atoms with van der Waals surface area (Å²) >= 11 is 0. The largest absolute Gasteiger partial charge is 0.348 e. The predicted octanol–water partition coefficient (Wildman–Crippen LogP) is 1.66. The van der Waals surface area contributed by atoms with Gasteiger partial charge in [-0.15, -0.1) is 0 Å². The van der Waals surface area contributed by atoms with Crippen LogP contribution in [0.3, 0.4) is 0 Å². The van der Waals surface area contributed by atoms with Crippen LogP contribution in [0, 0.1) is 0 Å². The zero-order valence-electron chi connectivity index (χ0n) is 14.8. The van der Waals surface area contributed by atoms with Crippen LogP contribution in [-0.4, -0.2) is 49.3 Å². The van der Waals surface area contributed by atoms with Crippen molar-refractivity contribution in [2.75, 3.05) is 20.1 Å². The average molecular weight is 376 g/mol. The van der Waals surface area contributed by atoms with E-state index < -0.39 is 10.0 Å². The van der Waals surface area contributed by atoms with E-state index in [9.17, 15) is 13.2 Å². The van der Waals surface area contributed by atoms with E-state index in [2.05, 4.69) is 14.7 Å². The maximum Gasteiger partial charge on any atom is 0.240 e. The second-order valence-corrected chi connectivity index (χ2v) is 8.39. The number of carbonyl (C=O) groups excluding carboxylic acids is 1. The van der Waals surface area contributed by atoms with Gasteiger partial charge in [0.25, 0.3) is 0 Å². The molecule has 140 valence electrons. The first-order valence-electron chi connectivity index (χ1n) is 8.79. The number of hydrogen-bond acceptors (Lipinski definition) is 4. The number of nitrogens with zero attached hydrogens (tertiary/aromatic N) is 2. The number of imidazole rings is 1. The predicted molar refractivity (Wildman–Crippen MR) is 98.2 cm³/mol. The number of rotatable bonds is 6. The van der Waals surface area contributed by atoms with Crippen molar-refractivity contribution < 1.29 is 13.2 Å². The second-order valence-electron chi connectivity index (χ2n) is 6.50. The van der Waals surface area contributed by atoms with Crippen molar-refractivity contribution in [2.45, 2.75) is 36.5 Å². The molecule has 1 amide bonds. The zero-order chi connectivity index (χ0) is 18.6. The number of aromatic nitrogens is 2. The fourth-order valence-electron chi connectivity index (χ4n) is 3.29. The lowest BCUT2D eigenvalue weighted by Gasteiger charge is -2.32. The minimum Gasteiger partial charge on any atom is -0.348 e. The Morgan fingerprint density at radius 1 is 1.35 bits per heavy atom. The Hall–Kier alpha value is -2.19. The number of aromatic amines is 1. The first-order chi connectivity index (χ1) is 12.5. The SMILES string of the molecule is CNS(=O)(=O)c1ccc(CCC(=O)N2CCCC(c3ncc[nH]3)C2)cc1. The molecule has 2 heterocycles. The van der Waals surface area contributed by atoms with E-state index in [0.29, 0.717) is 19.4 Å². The Labute approximate surface area is 153 Å². The third-order valence-corrected chi connectivity index (χ3v) is 6.24. The minimum atomic E-state index is -3.43. The topological polar surface area (TPSA) is 95.2 Å². The summed E-state index contributed by atoms with van der Waals surface area (Å²) in [4.78, 5) is 22.1. The molecule has 1 unspecified atom stereocenters. The Bertz CT molecular complexity index is 832. The van der Waals surface area contributed by atoms with E-state index in [1.807, 2.05) is 11.1 Å². The van der Waals surface area contributed by atoms with Crippen LogP contribution in [0.25, 0.3) is 0 Å². The molecule has 1 atom stereocenters. The lowest BCUT2D eigenvalue weighted by molar-refractivity contribution is -0.132. The van der Waals surface area contributed by atoms with Crippen molar-refractivity contribution in [3.05, 3.63) is 48.0 Å². The van der Waals surface area contributed by atoms with Gasteiger partial charge in [-0.25, -0.2) is 18.1 Å². The van der Waals surface area contributed by atoms with Crippen LogP contribution < -0.4 is 4.72 Å². The van der Waals surface area contributed by atoms with Gasteiger partial charge in [-0.3, -0.25) is 4.79 Å². The number of sulfonamides is 1. The van der Waals surface area contributed by atoms with Crippen molar-refractivity contribution in [3.8, 4) is 0 Å². The third kappa shape index (κ3) is 4.31. The van der Waals surface area contributed by atoms with Gasteiger partial charge in [-0.1, -0.05) is 12.1 Å². The summed E-state index contributed by atoms with van der Waals surface area (Å²) in [6.07, 6.45) is 6.60. The summed E-state index contributed by atoms with van der Waals surface area (Å²) in [5.74, 6) is 1.35. The van der Waals surface area contributed by atoms with Gasteiger partial charge < -0.3 is 9.88 Å². The van der Waals surface area contributed by atoms with Crippen LogP contribution in [0.5, 0.6) is 0 Å². The lowest BCUT2D eigenvalue weighted by atomic mass is 9.97. The maximum absolute atomic E-state index is 12.5. The summed E-state index contributed by atoms with van der Waals surface area (Å²) in [6, 6.07) is 6.66. The lowest BCUT2D eigenvalue weighted by Crippen LogP contribution is -2.39. The molecule has 7 nitrogen and oxygen atoms in total. The van der Waals surface area contributed by atoms with Gasteiger partial charge in [-0.05, 0) is 44.0 Å². The fraction of sp³-hybridized carbons (Fsp3) is 0.444. The molecule has 0 spiro atoms. The first-order valence-corrected chi connectivity index (χ1v) is 10.3. The Morgan fingerprint density at radius 2 is 2.12 bits per heavy atom. The van der Waals surface area contributed by atoms with Gasteiger partial charge in [0.2, 0.25) is 15.9 Å². The molecule has 1 aromatic heterocycles. The van der Waals surface area contributed by atoms with Gasteiger partial charge in [0.15, 0.2) is 0 Å². The summed E-state index contributed by atoms with van der Waals surface area (Å²) < 4.78 is 25.8. The molecule has 0 bridgehead atoms. The summed E-state index contributed by atoms with van der Waals surface area (Å²) in [7, 11) is -2.04. The van der Waals surface area contributed by atoms with E-state index in [-0.39, 0.29) is 16.7 Å². The first kappa shape index (κ1) is 18.6. The molecule has 0 saturated carbocycles. The Morgan fingerprint density at radius 3 is 2.77 bits per heavy atom. The molecule has 0 aliphatic carbocycles. The summed E-state index contributed by atoms with van der Waals surface area (Å²) in [5, 5.41) is 0. The van der Waals surface area contributed by atoms with E-state index in [1.54, 1.807) is 30.5 Å². The molecule has 1 saturated heterocycles. The number of benzene rings is 1. The van der Waals surface area contributed by atoms with Gasteiger partial charge in [0, 0.05) is 37.8 Å². The molecule has 1 aromatic carbocycles. The number of amides is 1. The molecule has 1 aliphatic heterocycles. The van der Waals surface area contributed by atoms with Crippen LogP contribution in [0.1, 0.15) is 36.6 Å². The van der Waals surface area contributed by atoms with Crippen LogP contribution in [0.15, 0.2) is 41.6 Å². The van der Waals surface area contributed by atoms with Crippen molar-refractivity contribution in [3.63, 3.8) is 0 Å². The van der Waals surface area contributed by atoms with Crippen LogP contribution >= 0.6 is 0 Å². The average Bonchev–Trinajstić information content (AvgIpc) is 3.21. The molecule has 3 rings (SSSR count). The summed E-state index contributed by atoms with van der Waals surface area (Å²) in [6.45, 7) is 1.49. The highest BCUT2D eigenvalue weighted by Gasteiger charge is 2.25. The van der Waals surface area contributed by atoms with E-state index in [1.165, 1.54) is 7.05 Å². The Kier molecular flexibility index (Phi) is 5.73. The van der Waals surface area contributed by atoms with Gasteiger partial charge in [0.1, 0.15) is 5.82 Å². The Balaban J connectivity index is 1.55. The number of piperidine rings is 1. The number of likely N-dealkylation sites (tertiary alicyclic amines) is 1. The maximum atomic E-state index is 12.5. The quantitative estimate of drug-likeness (QED) is 0.801. The highest BCUT2D eigenvalue weighted by Crippen LogP contribution is 2.25. The summed E-state index contributed by atoms with van der Waals surface area (Å²) in [5.41, 5.74) is 0.952. The normalized spacial score (nSPS) is 18.0. The molecule has 2 aromatic rings. The molecule has 1 fully saturated rings. The molecule has 0 radical (unpaired) electrons. The third-order valence-electron chi connectivity index (χ3n) is 4.81. The molecule has 2 N–H and O–H groups in total. The van der Waals surface area contributed by atoms with E-state index >= 15 is 0 Å². The van der Waals surface area contributed by atoms with Gasteiger partial charge >= 0.3 is 0 Å². The standard InChI is InChI=1S/C18H24N4O3S/c1-19-26(24,25)16-7-4-14(5-8-16)6-9-17(23)22-12-2-3-15(13-22)18-20-10-11-21-18/h4-5,7-8,10-11,15,19H,2-3,6,9,12-13H2,1H3,(H,20,21). The minimum absolute atomic E-state index is 0.133. The second kappa shape index (κ2) is 8.01. The molecule has 26 heavy (non-hydrogen) atoms. The molecule has 1 aliphatic rings. The molecular weight excluding hydrogens is 352 g/mol. The van der Waals surface area contributed by atoms with Crippen LogP contribution in [0.2, 0.25) is 0 Å². The highest BCUT2D eigenvalue weighted by molar-refractivity contribution is 7.89. The monoisotopic (exact) mass is 376 g/mol. The molecule has 8 heteroatoms. The van der Waals surface area contributed by atoms with Crippen molar-refractivity contribution in [1.29, 1.82) is 0 Å². The number of hydrogen-bond donors (Lipinski definition) is 2. The number of carbonyl (C=O) groups is 1.